The van der Waals surface area contributed by atoms with Crippen molar-refractivity contribution >= 4 is 17.9 Å². The van der Waals surface area contributed by atoms with Crippen LogP contribution in [0.25, 0.3) is 0 Å². The third-order valence-electron chi connectivity index (χ3n) is 12.9. The van der Waals surface area contributed by atoms with Crippen LogP contribution in [0.15, 0.2) is 85.1 Å². The van der Waals surface area contributed by atoms with E-state index in [-0.39, 0.29) is 37.5 Å². The number of allylic oxidation sites excluding steroid dienone is 14. The fraction of sp³-hybridized carbons (Fsp3) is 0.738. The molecule has 0 heterocycles. The summed E-state index contributed by atoms with van der Waals surface area (Å²) < 4.78 is 16.7. The molecular weight excluding hydrogens is 877 g/mol. The number of hydrogen-bond donors (Lipinski definition) is 0. The van der Waals surface area contributed by atoms with Gasteiger partial charge in [0.05, 0.1) is 0 Å². The number of esters is 3. The molecule has 0 saturated heterocycles. The quantitative estimate of drug-likeness (QED) is 0.0261. The van der Waals surface area contributed by atoms with Crippen LogP contribution in [0.1, 0.15) is 290 Å². The van der Waals surface area contributed by atoms with Gasteiger partial charge in [0, 0.05) is 19.3 Å². The number of carbonyl (C=O) groups excluding carboxylic acids is 3. The zero-order valence-electron chi connectivity index (χ0n) is 46.7. The number of ether oxygens (including phenoxy) is 3. The van der Waals surface area contributed by atoms with Gasteiger partial charge in [-0.15, -0.1) is 0 Å². The second-order valence-electron chi connectivity index (χ2n) is 19.9. The summed E-state index contributed by atoms with van der Waals surface area (Å²) in [5, 5.41) is 0. The highest BCUT2D eigenvalue weighted by Crippen LogP contribution is 2.16. The molecule has 0 bridgehead atoms. The molecule has 0 aliphatic carbocycles. The van der Waals surface area contributed by atoms with Crippen LogP contribution in [0.5, 0.6) is 0 Å². The Hall–Kier alpha value is -3.41. The third-order valence-corrected chi connectivity index (χ3v) is 12.9. The standard InChI is InChI=1S/C65H112O6/c1-4-7-10-13-15-17-19-21-23-25-26-27-28-29-30-31-32-33-34-35-36-37-38-40-41-43-45-47-49-52-55-58-64(67)70-61-62(60-69-63(66)57-54-51-12-9-6-3)71-65(68)59-56-53-50-48-46-44-42-39-24-22-20-18-16-14-11-8-5-2/h8,11,16,18-19,21-22,24-26,42,44,48,50,62H,4-7,9-10,12-15,17,20,23,27-41,43,45-47,49,51-61H2,1-3H3/b11-8-,18-16-,21-19-,24-22-,26-25-,44-42-,50-48-. The van der Waals surface area contributed by atoms with Crippen LogP contribution in [-0.4, -0.2) is 37.2 Å². The summed E-state index contributed by atoms with van der Waals surface area (Å²) in [6.07, 6.45) is 78.0. The summed E-state index contributed by atoms with van der Waals surface area (Å²) >= 11 is 0. The van der Waals surface area contributed by atoms with Gasteiger partial charge in [-0.1, -0.05) is 266 Å². The van der Waals surface area contributed by atoms with Crippen molar-refractivity contribution in [1.82, 2.24) is 0 Å². The normalized spacial score (nSPS) is 12.7. The molecule has 408 valence electrons. The van der Waals surface area contributed by atoms with Crippen LogP contribution in [0.2, 0.25) is 0 Å². The van der Waals surface area contributed by atoms with Gasteiger partial charge in [-0.25, -0.2) is 0 Å². The first-order chi connectivity index (χ1) is 35.0. The molecule has 1 atom stereocenters. The largest absolute Gasteiger partial charge is 0.462 e. The minimum atomic E-state index is -0.801. The van der Waals surface area contributed by atoms with Gasteiger partial charge >= 0.3 is 17.9 Å². The fourth-order valence-corrected chi connectivity index (χ4v) is 8.39. The minimum Gasteiger partial charge on any atom is -0.462 e. The molecule has 0 aromatic rings. The molecule has 0 amide bonds. The molecule has 1 unspecified atom stereocenters. The lowest BCUT2D eigenvalue weighted by Gasteiger charge is -2.18. The Labute approximate surface area is 439 Å². The lowest BCUT2D eigenvalue weighted by molar-refractivity contribution is -0.167. The van der Waals surface area contributed by atoms with Crippen molar-refractivity contribution in [1.29, 1.82) is 0 Å². The van der Waals surface area contributed by atoms with Crippen LogP contribution in [0, 0.1) is 0 Å². The zero-order chi connectivity index (χ0) is 51.4. The highest BCUT2D eigenvalue weighted by molar-refractivity contribution is 5.71. The Kier molecular flexibility index (Phi) is 56.3. The van der Waals surface area contributed by atoms with Gasteiger partial charge in [0.2, 0.25) is 0 Å². The highest BCUT2D eigenvalue weighted by Gasteiger charge is 2.19. The highest BCUT2D eigenvalue weighted by atomic mass is 16.6. The Morgan fingerprint density at radius 3 is 0.901 bits per heavy atom. The fourth-order valence-electron chi connectivity index (χ4n) is 8.39. The SMILES string of the molecule is CC/C=C\C/C=C\C/C=C\C/C=C\C/C=C\CCCC(=O)OC(COC(=O)CCCCCCC)COC(=O)CCCCCCCCCCCCCCCCCCCCC/C=C\C/C=C\CCCCCCC. The first kappa shape index (κ1) is 67.6. The first-order valence-electron chi connectivity index (χ1n) is 30.1. The maximum Gasteiger partial charge on any atom is 0.306 e. The van der Waals surface area contributed by atoms with E-state index in [1.165, 1.54) is 148 Å². The van der Waals surface area contributed by atoms with E-state index in [1.807, 2.05) is 0 Å². The molecule has 0 aliphatic heterocycles. The van der Waals surface area contributed by atoms with Gasteiger partial charge in [-0.05, 0) is 89.9 Å². The molecule has 6 nitrogen and oxygen atoms in total. The topological polar surface area (TPSA) is 78.9 Å². The molecule has 0 aliphatic rings. The summed E-state index contributed by atoms with van der Waals surface area (Å²) in [7, 11) is 0. The van der Waals surface area contributed by atoms with Gasteiger partial charge in [-0.2, -0.15) is 0 Å². The van der Waals surface area contributed by atoms with Gasteiger partial charge in [0.25, 0.3) is 0 Å². The van der Waals surface area contributed by atoms with Gasteiger partial charge in [0.15, 0.2) is 6.10 Å². The van der Waals surface area contributed by atoms with Crippen molar-refractivity contribution < 1.29 is 28.6 Å². The van der Waals surface area contributed by atoms with Crippen molar-refractivity contribution in [3.63, 3.8) is 0 Å². The minimum absolute atomic E-state index is 0.0973. The Morgan fingerprint density at radius 2 is 0.563 bits per heavy atom. The van der Waals surface area contributed by atoms with E-state index in [2.05, 4.69) is 106 Å². The maximum atomic E-state index is 12.7. The second kappa shape index (κ2) is 59.2. The molecule has 0 saturated carbocycles. The smallest absolute Gasteiger partial charge is 0.306 e. The van der Waals surface area contributed by atoms with Crippen molar-refractivity contribution in [3.05, 3.63) is 85.1 Å². The monoisotopic (exact) mass is 989 g/mol. The van der Waals surface area contributed by atoms with E-state index in [0.29, 0.717) is 19.3 Å². The van der Waals surface area contributed by atoms with Crippen LogP contribution < -0.4 is 0 Å². The number of rotatable bonds is 54. The molecule has 0 fully saturated rings. The van der Waals surface area contributed by atoms with Crippen LogP contribution in [-0.2, 0) is 28.6 Å². The molecule has 0 N–H and O–H groups in total. The first-order valence-corrected chi connectivity index (χ1v) is 30.1. The Balaban J connectivity index is 4.01. The van der Waals surface area contributed by atoms with Gasteiger partial charge in [-0.3, -0.25) is 14.4 Å². The number of carbonyl (C=O) groups is 3. The average molecular weight is 990 g/mol. The average Bonchev–Trinajstić information content (AvgIpc) is 3.37. The lowest BCUT2D eigenvalue weighted by atomic mass is 10.0. The Bertz CT molecular complexity index is 1370. The summed E-state index contributed by atoms with van der Waals surface area (Å²) in [6, 6.07) is 0. The third kappa shape index (κ3) is 57.4. The van der Waals surface area contributed by atoms with Crippen LogP contribution in [0.3, 0.4) is 0 Å². The maximum absolute atomic E-state index is 12.7. The molecule has 0 radical (unpaired) electrons. The predicted octanol–water partition coefficient (Wildman–Crippen LogP) is 20.3. The van der Waals surface area contributed by atoms with Crippen LogP contribution in [0.4, 0.5) is 0 Å². The molecule has 6 heteroatoms. The van der Waals surface area contributed by atoms with E-state index in [4.69, 9.17) is 14.2 Å². The summed E-state index contributed by atoms with van der Waals surface area (Å²) in [5.74, 6) is -0.965. The molecular formula is C65H112O6. The second-order valence-corrected chi connectivity index (χ2v) is 19.9. The summed E-state index contributed by atoms with van der Waals surface area (Å²) in [5.41, 5.74) is 0. The van der Waals surface area contributed by atoms with Gasteiger partial charge < -0.3 is 14.2 Å². The zero-order valence-corrected chi connectivity index (χ0v) is 46.7. The molecule has 0 aromatic carbocycles. The molecule has 0 rings (SSSR count). The van der Waals surface area contributed by atoms with E-state index in [1.54, 1.807) is 0 Å². The molecule has 71 heavy (non-hydrogen) atoms. The lowest BCUT2D eigenvalue weighted by Crippen LogP contribution is -2.30. The van der Waals surface area contributed by atoms with E-state index in [9.17, 15) is 14.4 Å². The number of unbranched alkanes of at least 4 members (excludes halogenated alkanes) is 29. The van der Waals surface area contributed by atoms with Crippen molar-refractivity contribution in [2.75, 3.05) is 13.2 Å². The predicted molar refractivity (Wildman–Crippen MR) is 307 cm³/mol. The van der Waals surface area contributed by atoms with Crippen molar-refractivity contribution in [3.8, 4) is 0 Å². The van der Waals surface area contributed by atoms with E-state index < -0.39 is 6.10 Å². The van der Waals surface area contributed by atoms with Gasteiger partial charge in [0.1, 0.15) is 13.2 Å². The molecule has 0 aromatic heterocycles. The Morgan fingerprint density at radius 1 is 0.296 bits per heavy atom. The van der Waals surface area contributed by atoms with Crippen LogP contribution >= 0.6 is 0 Å². The summed E-state index contributed by atoms with van der Waals surface area (Å²) in [4.78, 5) is 37.8. The summed E-state index contributed by atoms with van der Waals surface area (Å²) in [6.45, 7) is 6.40. The van der Waals surface area contributed by atoms with E-state index >= 15 is 0 Å². The van der Waals surface area contributed by atoms with E-state index in [0.717, 1.165) is 96.3 Å². The molecule has 0 spiro atoms. The van der Waals surface area contributed by atoms with Crippen molar-refractivity contribution in [2.24, 2.45) is 0 Å². The van der Waals surface area contributed by atoms with Crippen molar-refractivity contribution in [2.45, 2.75) is 297 Å². The number of hydrogen-bond acceptors (Lipinski definition) is 6.